The van der Waals surface area contributed by atoms with Crippen LogP contribution in [0.1, 0.15) is 70.0 Å². The Morgan fingerprint density at radius 2 is 1.48 bits per heavy atom. The summed E-state index contributed by atoms with van der Waals surface area (Å²) in [5.41, 5.74) is 9.30. The fraction of sp³-hybridized carbons (Fsp3) is 0.684. The lowest BCUT2D eigenvalue weighted by molar-refractivity contribution is 0.234. The molecule has 1 unspecified atom stereocenters. The summed E-state index contributed by atoms with van der Waals surface area (Å²) in [7, 11) is 0. The molecule has 0 aliphatic carbocycles. The van der Waals surface area contributed by atoms with E-state index in [1.165, 1.54) is 56.3 Å². The van der Waals surface area contributed by atoms with Crippen LogP contribution >= 0.6 is 0 Å². The average molecular weight is 288 g/mol. The summed E-state index contributed by atoms with van der Waals surface area (Å²) < 4.78 is 0. The Morgan fingerprint density at radius 3 is 2.00 bits per heavy atom. The molecule has 2 nitrogen and oxygen atoms in total. The first-order chi connectivity index (χ1) is 9.97. The molecule has 1 aromatic carbocycles. The summed E-state index contributed by atoms with van der Waals surface area (Å²) >= 11 is 0. The molecule has 1 aromatic rings. The van der Waals surface area contributed by atoms with Crippen LogP contribution < -0.4 is 5.73 Å². The van der Waals surface area contributed by atoms with Crippen molar-refractivity contribution in [1.82, 2.24) is 4.90 Å². The molecular weight excluding hydrogens is 256 g/mol. The summed E-state index contributed by atoms with van der Waals surface area (Å²) in [6.45, 7) is 10.2. The number of nitrogens with zero attached hydrogens (tertiary/aromatic N) is 1. The molecule has 2 heteroatoms. The Balaban J connectivity index is 1.94. The molecule has 1 aliphatic rings. The van der Waals surface area contributed by atoms with Crippen LogP contribution in [0.3, 0.4) is 0 Å². The molecule has 0 amide bonds. The molecule has 1 aliphatic heterocycles. The monoisotopic (exact) mass is 288 g/mol. The standard InChI is InChI=1S/C19H32N2/c1-19(2,3)17-11-9-16(10-12-17)18(20)15-21-13-7-5-4-6-8-14-21/h9-12,18H,4-8,13-15,20H2,1-3H3. The Kier molecular flexibility index (Phi) is 5.83. The Bertz CT molecular complexity index is 408. The summed E-state index contributed by atoms with van der Waals surface area (Å²) in [6.07, 6.45) is 6.83. The van der Waals surface area contributed by atoms with Gasteiger partial charge in [-0.2, -0.15) is 0 Å². The molecule has 1 saturated heterocycles. The van der Waals surface area contributed by atoms with E-state index in [4.69, 9.17) is 5.73 Å². The quantitative estimate of drug-likeness (QED) is 0.901. The topological polar surface area (TPSA) is 29.3 Å². The van der Waals surface area contributed by atoms with Crippen LogP contribution in [0.4, 0.5) is 0 Å². The maximum Gasteiger partial charge on any atom is 0.0424 e. The van der Waals surface area contributed by atoms with E-state index in [2.05, 4.69) is 49.9 Å². The molecular formula is C19H32N2. The smallest absolute Gasteiger partial charge is 0.0424 e. The third kappa shape index (κ3) is 5.12. The van der Waals surface area contributed by atoms with Crippen LogP contribution in [0.25, 0.3) is 0 Å². The van der Waals surface area contributed by atoms with Crippen molar-refractivity contribution in [1.29, 1.82) is 0 Å². The summed E-state index contributed by atoms with van der Waals surface area (Å²) in [5.74, 6) is 0. The van der Waals surface area contributed by atoms with Gasteiger partial charge >= 0.3 is 0 Å². The van der Waals surface area contributed by atoms with Crippen LogP contribution in [0, 0.1) is 0 Å². The highest BCUT2D eigenvalue weighted by atomic mass is 15.1. The minimum absolute atomic E-state index is 0.137. The van der Waals surface area contributed by atoms with Crippen molar-refractivity contribution in [2.24, 2.45) is 5.73 Å². The Hall–Kier alpha value is -0.860. The molecule has 0 spiro atoms. The lowest BCUT2D eigenvalue weighted by atomic mass is 9.86. The predicted octanol–water partition coefficient (Wildman–Crippen LogP) is 4.25. The summed E-state index contributed by atoms with van der Waals surface area (Å²) in [6, 6.07) is 9.05. The average Bonchev–Trinajstić information content (AvgIpc) is 2.41. The second-order valence-corrected chi connectivity index (χ2v) is 7.55. The molecule has 0 aromatic heterocycles. The number of likely N-dealkylation sites (tertiary alicyclic amines) is 1. The number of hydrogen-bond acceptors (Lipinski definition) is 2. The van der Waals surface area contributed by atoms with Crippen LogP contribution in [0.5, 0.6) is 0 Å². The highest BCUT2D eigenvalue weighted by Crippen LogP contribution is 2.24. The van der Waals surface area contributed by atoms with E-state index in [1.807, 2.05) is 0 Å². The molecule has 21 heavy (non-hydrogen) atoms. The first kappa shape index (κ1) is 16.5. The van der Waals surface area contributed by atoms with E-state index in [9.17, 15) is 0 Å². The second kappa shape index (κ2) is 7.42. The molecule has 118 valence electrons. The molecule has 1 heterocycles. The first-order valence-electron chi connectivity index (χ1n) is 8.55. The SMILES string of the molecule is CC(C)(C)c1ccc(C(N)CN2CCCCCCC2)cc1. The normalized spacial score (nSPS) is 19.8. The maximum absolute atomic E-state index is 6.43. The highest BCUT2D eigenvalue weighted by molar-refractivity contribution is 5.29. The van der Waals surface area contributed by atoms with Crippen molar-refractivity contribution in [2.75, 3.05) is 19.6 Å². The van der Waals surface area contributed by atoms with E-state index < -0.39 is 0 Å². The second-order valence-electron chi connectivity index (χ2n) is 7.55. The zero-order chi connectivity index (χ0) is 15.3. The third-order valence-electron chi connectivity index (χ3n) is 4.61. The first-order valence-corrected chi connectivity index (χ1v) is 8.55. The van der Waals surface area contributed by atoms with Crippen LogP contribution in [-0.2, 0) is 5.41 Å². The lowest BCUT2D eigenvalue weighted by Crippen LogP contribution is -2.34. The van der Waals surface area contributed by atoms with Gasteiger partial charge in [0.25, 0.3) is 0 Å². The van der Waals surface area contributed by atoms with Crippen LogP contribution in [-0.4, -0.2) is 24.5 Å². The van der Waals surface area contributed by atoms with Crippen LogP contribution in [0.15, 0.2) is 24.3 Å². The molecule has 1 atom stereocenters. The lowest BCUT2D eigenvalue weighted by Gasteiger charge is -2.28. The van der Waals surface area contributed by atoms with Gasteiger partial charge < -0.3 is 10.6 Å². The van der Waals surface area contributed by atoms with E-state index in [-0.39, 0.29) is 11.5 Å². The zero-order valence-electron chi connectivity index (χ0n) is 14.1. The van der Waals surface area contributed by atoms with Gasteiger partial charge in [-0.05, 0) is 42.5 Å². The van der Waals surface area contributed by atoms with Gasteiger partial charge in [0, 0.05) is 12.6 Å². The number of hydrogen-bond donors (Lipinski definition) is 1. The fourth-order valence-electron chi connectivity index (χ4n) is 3.11. The van der Waals surface area contributed by atoms with Crippen molar-refractivity contribution in [3.05, 3.63) is 35.4 Å². The molecule has 1 fully saturated rings. The van der Waals surface area contributed by atoms with Crippen molar-refractivity contribution in [2.45, 2.75) is 64.3 Å². The van der Waals surface area contributed by atoms with Gasteiger partial charge in [-0.3, -0.25) is 0 Å². The van der Waals surface area contributed by atoms with E-state index in [1.54, 1.807) is 0 Å². The predicted molar refractivity (Wildman–Crippen MR) is 91.6 cm³/mol. The van der Waals surface area contributed by atoms with Gasteiger partial charge in [0.15, 0.2) is 0 Å². The van der Waals surface area contributed by atoms with Gasteiger partial charge in [0.1, 0.15) is 0 Å². The minimum atomic E-state index is 0.137. The van der Waals surface area contributed by atoms with E-state index >= 15 is 0 Å². The van der Waals surface area contributed by atoms with Crippen molar-refractivity contribution >= 4 is 0 Å². The Labute approximate surface area is 130 Å². The highest BCUT2D eigenvalue weighted by Gasteiger charge is 2.16. The van der Waals surface area contributed by atoms with Gasteiger partial charge in [0.05, 0.1) is 0 Å². The fourth-order valence-corrected chi connectivity index (χ4v) is 3.11. The number of nitrogens with two attached hydrogens (primary N) is 1. The van der Waals surface area contributed by atoms with Crippen molar-refractivity contribution < 1.29 is 0 Å². The van der Waals surface area contributed by atoms with Gasteiger partial charge in [-0.15, -0.1) is 0 Å². The molecule has 0 bridgehead atoms. The molecule has 2 rings (SSSR count). The minimum Gasteiger partial charge on any atom is -0.323 e. The summed E-state index contributed by atoms with van der Waals surface area (Å²) in [5, 5.41) is 0. The van der Waals surface area contributed by atoms with Gasteiger partial charge in [0.2, 0.25) is 0 Å². The zero-order valence-corrected chi connectivity index (χ0v) is 14.1. The van der Waals surface area contributed by atoms with E-state index in [0.717, 1.165) is 6.54 Å². The molecule has 2 N–H and O–H groups in total. The molecule has 0 saturated carbocycles. The summed E-state index contributed by atoms with van der Waals surface area (Å²) in [4.78, 5) is 2.56. The Morgan fingerprint density at radius 1 is 0.952 bits per heavy atom. The van der Waals surface area contributed by atoms with Crippen molar-refractivity contribution in [3.8, 4) is 0 Å². The number of rotatable bonds is 3. The molecule has 0 radical (unpaired) electrons. The number of benzene rings is 1. The largest absolute Gasteiger partial charge is 0.323 e. The van der Waals surface area contributed by atoms with Crippen LogP contribution in [0.2, 0.25) is 0 Å². The van der Waals surface area contributed by atoms with E-state index in [0.29, 0.717) is 0 Å². The van der Waals surface area contributed by atoms with Gasteiger partial charge in [-0.1, -0.05) is 64.3 Å². The third-order valence-corrected chi connectivity index (χ3v) is 4.61. The van der Waals surface area contributed by atoms with Crippen molar-refractivity contribution in [3.63, 3.8) is 0 Å². The maximum atomic E-state index is 6.43. The van der Waals surface area contributed by atoms with Gasteiger partial charge in [-0.25, -0.2) is 0 Å².